The largest absolute Gasteiger partial charge is 0.489 e. The lowest BCUT2D eigenvalue weighted by molar-refractivity contribution is -0.251. The molecule has 4 atom stereocenters. The first kappa shape index (κ1) is 42.9. The summed E-state index contributed by atoms with van der Waals surface area (Å²) in [5.74, 6) is 0.699. The van der Waals surface area contributed by atoms with Crippen LogP contribution in [-0.2, 0) is 45.1 Å². The molecule has 2 aliphatic rings. The summed E-state index contributed by atoms with van der Waals surface area (Å²) < 4.78 is 30.0. The Labute approximate surface area is 360 Å². The Morgan fingerprint density at radius 3 is 2.43 bits per heavy atom. The second-order valence-electron chi connectivity index (χ2n) is 16.1. The highest BCUT2D eigenvalue weighted by Gasteiger charge is 2.40. The SMILES string of the molecule is COC(=O)C(Cc1ccc(-c2ccnc(C)c2C)cc1)NC(=O)C1Cc2cc3c(cc2CN1C(O)OC(C)(C)C)OC(c1cccc(OCc2ccc(Cl)c(Cl)c2)c1)CO3. The fourth-order valence-corrected chi connectivity index (χ4v) is 7.73. The highest BCUT2D eigenvalue weighted by molar-refractivity contribution is 6.42. The monoisotopic (exact) mass is 853 g/mol. The number of hydrogen-bond acceptors (Lipinski definition) is 10. The van der Waals surface area contributed by atoms with Crippen LogP contribution < -0.4 is 19.5 Å². The number of benzene rings is 4. The first-order chi connectivity index (χ1) is 28.6. The van der Waals surface area contributed by atoms with Crippen molar-refractivity contribution in [3.63, 3.8) is 0 Å². The van der Waals surface area contributed by atoms with Crippen LogP contribution in [0.1, 0.15) is 65.9 Å². The Morgan fingerprint density at radius 2 is 1.70 bits per heavy atom. The molecule has 2 N–H and O–H groups in total. The highest BCUT2D eigenvalue weighted by atomic mass is 35.5. The van der Waals surface area contributed by atoms with Crippen LogP contribution in [0.25, 0.3) is 11.1 Å². The van der Waals surface area contributed by atoms with Gasteiger partial charge in [0, 0.05) is 24.9 Å². The number of aliphatic hydroxyl groups excluding tert-OH is 1. The summed E-state index contributed by atoms with van der Waals surface area (Å²) in [5.41, 5.74) is 7.69. The summed E-state index contributed by atoms with van der Waals surface area (Å²) in [6, 6.07) is 24.8. The molecule has 0 bridgehead atoms. The lowest BCUT2D eigenvalue weighted by Gasteiger charge is -2.41. The van der Waals surface area contributed by atoms with Crippen LogP contribution >= 0.6 is 23.2 Å². The molecule has 314 valence electrons. The highest BCUT2D eigenvalue weighted by Crippen LogP contribution is 2.41. The molecule has 13 heteroatoms. The van der Waals surface area contributed by atoms with Gasteiger partial charge in [0.05, 0.1) is 28.8 Å². The average Bonchev–Trinajstić information content (AvgIpc) is 3.23. The van der Waals surface area contributed by atoms with E-state index in [0.29, 0.717) is 33.9 Å². The van der Waals surface area contributed by atoms with Crippen molar-refractivity contribution in [2.75, 3.05) is 13.7 Å². The van der Waals surface area contributed by atoms with E-state index in [4.69, 9.17) is 46.9 Å². The van der Waals surface area contributed by atoms with Gasteiger partial charge in [0.25, 0.3) is 0 Å². The van der Waals surface area contributed by atoms with Gasteiger partial charge in [-0.3, -0.25) is 9.78 Å². The van der Waals surface area contributed by atoms with Crippen molar-refractivity contribution in [2.24, 2.45) is 0 Å². The molecule has 1 amide bonds. The molecule has 0 saturated heterocycles. The molecule has 0 aliphatic carbocycles. The number of aromatic nitrogens is 1. The van der Waals surface area contributed by atoms with E-state index in [1.807, 2.05) is 107 Å². The van der Waals surface area contributed by atoms with E-state index in [1.54, 1.807) is 23.2 Å². The molecular weight excluding hydrogens is 805 g/mol. The van der Waals surface area contributed by atoms with E-state index < -0.39 is 42.1 Å². The topological polar surface area (TPSA) is 129 Å². The summed E-state index contributed by atoms with van der Waals surface area (Å²) in [5, 5.41) is 15.4. The second-order valence-corrected chi connectivity index (χ2v) is 16.9. The lowest BCUT2D eigenvalue weighted by Crippen LogP contribution is -2.58. The maximum atomic E-state index is 14.3. The fraction of sp³-hybridized carbons (Fsp3) is 0.340. The third-order valence-corrected chi connectivity index (χ3v) is 11.5. The number of amides is 1. The van der Waals surface area contributed by atoms with Gasteiger partial charge in [-0.05, 0) is 128 Å². The van der Waals surface area contributed by atoms with Gasteiger partial charge in [-0.1, -0.05) is 65.7 Å². The van der Waals surface area contributed by atoms with Gasteiger partial charge in [-0.25, -0.2) is 9.69 Å². The zero-order chi connectivity index (χ0) is 42.7. The predicted molar refractivity (Wildman–Crippen MR) is 229 cm³/mol. The molecule has 1 aromatic heterocycles. The number of carbonyl (C=O) groups excluding carboxylic acids is 2. The molecule has 11 nitrogen and oxygen atoms in total. The normalized spacial score (nSPS) is 17.3. The minimum atomic E-state index is -1.44. The molecule has 60 heavy (non-hydrogen) atoms. The van der Waals surface area contributed by atoms with Gasteiger partial charge < -0.3 is 34.1 Å². The molecule has 0 fully saturated rings. The zero-order valence-corrected chi connectivity index (χ0v) is 36.0. The summed E-state index contributed by atoms with van der Waals surface area (Å²) >= 11 is 12.3. The van der Waals surface area contributed by atoms with Crippen LogP contribution in [0.2, 0.25) is 10.0 Å². The molecule has 4 unspecified atom stereocenters. The molecular formula is C47H49Cl2N3O8. The van der Waals surface area contributed by atoms with E-state index in [-0.39, 0.29) is 26.0 Å². The van der Waals surface area contributed by atoms with Gasteiger partial charge >= 0.3 is 5.97 Å². The molecule has 2 aliphatic heterocycles. The third-order valence-electron chi connectivity index (χ3n) is 10.7. The maximum Gasteiger partial charge on any atom is 0.328 e. The summed E-state index contributed by atoms with van der Waals surface area (Å²) in [7, 11) is 1.29. The maximum absolute atomic E-state index is 14.3. The molecule has 5 aromatic rings. The first-order valence-corrected chi connectivity index (χ1v) is 20.5. The van der Waals surface area contributed by atoms with E-state index >= 15 is 0 Å². The number of halogens is 2. The smallest absolute Gasteiger partial charge is 0.328 e. The standard InChI is InChI=1S/C47H49Cl2N3O8/c1-27-28(2)50-17-16-36(27)31-13-10-29(11-14-31)19-39(45(54)56-6)51-44(53)40-21-33-22-41-42(23-34(33)24-52(40)46(55)60-47(3,4)5)59-43(26-58-41)32-8-7-9-35(20-32)57-25-30-12-15-37(48)38(49)18-30/h7-18,20,22-23,39-40,43,46,55H,19,21,24-26H2,1-6H3,(H,51,53). The number of nitrogens with one attached hydrogen (secondary N) is 1. The van der Waals surface area contributed by atoms with Crippen molar-refractivity contribution in [1.29, 1.82) is 0 Å². The number of methoxy groups -OCH3 is 1. The second kappa shape index (κ2) is 18.2. The van der Waals surface area contributed by atoms with Crippen LogP contribution in [0.5, 0.6) is 17.2 Å². The van der Waals surface area contributed by atoms with Gasteiger partial charge in [-0.15, -0.1) is 0 Å². The van der Waals surface area contributed by atoms with Gasteiger partial charge in [-0.2, -0.15) is 0 Å². The number of fused-ring (bicyclic) bond motifs is 2. The quantitative estimate of drug-likeness (QED) is 0.0932. The fourth-order valence-electron chi connectivity index (χ4n) is 7.41. The van der Waals surface area contributed by atoms with E-state index in [1.165, 1.54) is 7.11 Å². The number of ether oxygens (including phenoxy) is 5. The van der Waals surface area contributed by atoms with Gasteiger partial charge in [0.1, 0.15) is 25.0 Å². The van der Waals surface area contributed by atoms with Crippen molar-refractivity contribution in [3.8, 4) is 28.4 Å². The molecule has 7 rings (SSSR count). The Balaban J connectivity index is 1.08. The summed E-state index contributed by atoms with van der Waals surface area (Å²) in [6.07, 6.45) is 0.329. The average molecular weight is 855 g/mol. The number of esters is 1. The Hall–Kier alpha value is -5.17. The molecule has 4 aromatic carbocycles. The van der Waals surface area contributed by atoms with Crippen LogP contribution in [0.15, 0.2) is 91.1 Å². The first-order valence-electron chi connectivity index (χ1n) is 19.8. The molecule has 0 radical (unpaired) electrons. The van der Waals surface area contributed by atoms with Crippen LogP contribution in [-0.4, -0.2) is 64.7 Å². The van der Waals surface area contributed by atoms with E-state index in [0.717, 1.165) is 50.2 Å². The zero-order valence-electron chi connectivity index (χ0n) is 34.5. The third kappa shape index (κ3) is 10.1. The van der Waals surface area contributed by atoms with Crippen LogP contribution in [0.4, 0.5) is 0 Å². The van der Waals surface area contributed by atoms with E-state index in [9.17, 15) is 14.7 Å². The van der Waals surface area contributed by atoms with E-state index in [2.05, 4.69) is 10.3 Å². The van der Waals surface area contributed by atoms with Crippen molar-refractivity contribution in [1.82, 2.24) is 15.2 Å². The number of aryl methyl sites for hydroxylation is 1. The molecule has 3 heterocycles. The van der Waals surface area contributed by atoms with Crippen molar-refractivity contribution >= 4 is 35.1 Å². The predicted octanol–water partition coefficient (Wildman–Crippen LogP) is 8.48. The minimum Gasteiger partial charge on any atom is -0.489 e. The Bertz CT molecular complexity index is 2370. The number of nitrogens with zero attached hydrogens (tertiary/aromatic N) is 2. The number of aliphatic hydroxyl groups is 1. The number of hydrogen-bond donors (Lipinski definition) is 2. The molecule has 0 spiro atoms. The lowest BCUT2D eigenvalue weighted by atomic mass is 9.92. The van der Waals surface area contributed by atoms with Crippen molar-refractivity contribution in [2.45, 2.75) is 90.8 Å². The van der Waals surface area contributed by atoms with Crippen molar-refractivity contribution < 1.29 is 38.4 Å². The number of rotatable bonds is 12. The van der Waals surface area contributed by atoms with Crippen LogP contribution in [0.3, 0.4) is 0 Å². The van der Waals surface area contributed by atoms with Gasteiger partial charge in [0.15, 0.2) is 17.6 Å². The Kier molecular flexibility index (Phi) is 13.0. The number of pyridine rings is 1. The van der Waals surface area contributed by atoms with Gasteiger partial charge in [0.2, 0.25) is 12.3 Å². The van der Waals surface area contributed by atoms with Crippen LogP contribution in [0, 0.1) is 13.8 Å². The number of carbonyl (C=O) groups is 2. The molecule has 0 saturated carbocycles. The van der Waals surface area contributed by atoms with Crippen molar-refractivity contribution in [3.05, 3.63) is 140 Å². The summed E-state index contributed by atoms with van der Waals surface area (Å²) in [4.78, 5) is 33.4. The minimum absolute atomic E-state index is 0.155. The summed E-state index contributed by atoms with van der Waals surface area (Å²) in [6.45, 7) is 10.2. The Morgan fingerprint density at radius 1 is 0.950 bits per heavy atom.